The topological polar surface area (TPSA) is 83.0 Å². The Morgan fingerprint density at radius 3 is 2.86 bits per heavy atom. The summed E-state index contributed by atoms with van der Waals surface area (Å²) in [4.78, 5) is 34.9. The van der Waals surface area contributed by atoms with E-state index in [4.69, 9.17) is 0 Å². The average molecular weight is 379 g/mol. The summed E-state index contributed by atoms with van der Waals surface area (Å²) in [6, 6.07) is 13.3. The number of nitrogens with zero attached hydrogens (tertiary/aromatic N) is 3. The predicted octanol–water partition coefficient (Wildman–Crippen LogP) is 1.90. The highest BCUT2D eigenvalue weighted by Crippen LogP contribution is 2.18. The van der Waals surface area contributed by atoms with Gasteiger partial charge in [-0.3, -0.25) is 14.3 Å². The average Bonchev–Trinajstić information content (AvgIpc) is 2.89. The van der Waals surface area contributed by atoms with Gasteiger partial charge in [0.05, 0.1) is 23.3 Å². The Bertz CT molecular complexity index is 987. The Kier molecular flexibility index (Phi) is 5.53. The van der Waals surface area contributed by atoms with Gasteiger partial charge in [0.1, 0.15) is 6.54 Å². The summed E-state index contributed by atoms with van der Waals surface area (Å²) in [5, 5.41) is 3.40. The third-order valence-electron chi connectivity index (χ3n) is 5.34. The minimum Gasteiger partial charge on any atom is -0.332 e. The molecule has 0 radical (unpaired) electrons. The van der Waals surface area contributed by atoms with Crippen LogP contribution in [0.15, 0.2) is 53.5 Å². The third kappa shape index (κ3) is 3.99. The number of aromatic nitrogens is 3. The SMILES string of the molecule is O=C(Cn1c(=O)[nH]c2ccccc21)N(Cc1ccccn1)C1CCCNCC1. The molecular formula is C21H25N5O2. The molecule has 1 saturated heterocycles. The molecule has 3 aromatic rings. The Morgan fingerprint density at radius 1 is 1.14 bits per heavy atom. The van der Waals surface area contributed by atoms with Gasteiger partial charge in [-0.1, -0.05) is 18.2 Å². The Hall–Kier alpha value is -2.93. The first-order chi connectivity index (χ1) is 13.7. The van der Waals surface area contributed by atoms with Crippen LogP contribution in [0.2, 0.25) is 0 Å². The van der Waals surface area contributed by atoms with E-state index < -0.39 is 0 Å². The van der Waals surface area contributed by atoms with Crippen LogP contribution < -0.4 is 11.0 Å². The van der Waals surface area contributed by atoms with Crippen molar-refractivity contribution in [2.45, 2.75) is 38.4 Å². The van der Waals surface area contributed by atoms with E-state index in [0.29, 0.717) is 6.54 Å². The van der Waals surface area contributed by atoms with Gasteiger partial charge in [0.25, 0.3) is 0 Å². The number of carbonyl (C=O) groups excluding carboxylic acids is 1. The van der Waals surface area contributed by atoms with E-state index >= 15 is 0 Å². The maximum atomic E-state index is 13.3. The van der Waals surface area contributed by atoms with Crippen LogP contribution in [0.1, 0.15) is 25.0 Å². The number of benzene rings is 1. The zero-order chi connectivity index (χ0) is 19.3. The fourth-order valence-electron chi connectivity index (χ4n) is 3.89. The molecule has 1 aliphatic heterocycles. The number of rotatable bonds is 5. The van der Waals surface area contributed by atoms with Gasteiger partial charge in [-0.05, 0) is 56.6 Å². The Labute approximate surface area is 163 Å². The van der Waals surface area contributed by atoms with Crippen LogP contribution in [0.3, 0.4) is 0 Å². The fraction of sp³-hybridized carbons (Fsp3) is 0.381. The molecule has 4 rings (SSSR count). The zero-order valence-corrected chi connectivity index (χ0v) is 15.8. The summed E-state index contributed by atoms with van der Waals surface area (Å²) in [7, 11) is 0. The first-order valence-corrected chi connectivity index (χ1v) is 9.80. The molecule has 1 fully saturated rings. The van der Waals surface area contributed by atoms with Gasteiger partial charge in [-0.15, -0.1) is 0 Å². The number of H-pyrrole nitrogens is 1. The van der Waals surface area contributed by atoms with Gasteiger partial charge in [0.15, 0.2) is 0 Å². The number of fused-ring (bicyclic) bond motifs is 1. The number of hydrogen-bond donors (Lipinski definition) is 2. The summed E-state index contributed by atoms with van der Waals surface area (Å²) in [6.07, 6.45) is 4.64. The summed E-state index contributed by atoms with van der Waals surface area (Å²) >= 11 is 0. The number of aromatic amines is 1. The van der Waals surface area contributed by atoms with E-state index in [2.05, 4.69) is 15.3 Å². The molecule has 28 heavy (non-hydrogen) atoms. The van der Waals surface area contributed by atoms with Gasteiger partial charge < -0.3 is 15.2 Å². The number of para-hydroxylation sites is 2. The summed E-state index contributed by atoms with van der Waals surface area (Å²) < 4.78 is 1.53. The number of pyridine rings is 1. The predicted molar refractivity (Wildman–Crippen MR) is 108 cm³/mol. The molecule has 0 aliphatic carbocycles. The molecule has 7 nitrogen and oxygen atoms in total. The van der Waals surface area contributed by atoms with Gasteiger partial charge in [0.2, 0.25) is 5.91 Å². The molecule has 2 N–H and O–H groups in total. The minimum absolute atomic E-state index is 0.0274. The molecular weight excluding hydrogens is 354 g/mol. The van der Waals surface area contributed by atoms with Crippen LogP contribution in [0.4, 0.5) is 0 Å². The second-order valence-corrected chi connectivity index (χ2v) is 7.21. The van der Waals surface area contributed by atoms with Crippen molar-refractivity contribution in [1.82, 2.24) is 24.8 Å². The highest BCUT2D eigenvalue weighted by molar-refractivity contribution is 5.80. The van der Waals surface area contributed by atoms with E-state index in [1.165, 1.54) is 4.57 Å². The van der Waals surface area contributed by atoms with E-state index in [1.807, 2.05) is 47.4 Å². The lowest BCUT2D eigenvalue weighted by molar-refractivity contribution is -0.135. The molecule has 1 aromatic carbocycles. The molecule has 1 aliphatic rings. The van der Waals surface area contributed by atoms with Crippen molar-refractivity contribution in [3.63, 3.8) is 0 Å². The van der Waals surface area contributed by atoms with Crippen LogP contribution in [0.25, 0.3) is 11.0 Å². The third-order valence-corrected chi connectivity index (χ3v) is 5.34. The zero-order valence-electron chi connectivity index (χ0n) is 15.8. The molecule has 0 bridgehead atoms. The molecule has 0 spiro atoms. The molecule has 3 heterocycles. The number of nitrogens with one attached hydrogen (secondary N) is 2. The van der Waals surface area contributed by atoms with Crippen molar-refractivity contribution in [1.29, 1.82) is 0 Å². The van der Waals surface area contributed by atoms with Crippen LogP contribution >= 0.6 is 0 Å². The quantitative estimate of drug-likeness (QED) is 0.709. The van der Waals surface area contributed by atoms with E-state index in [9.17, 15) is 9.59 Å². The lowest BCUT2D eigenvalue weighted by Crippen LogP contribution is -2.43. The van der Waals surface area contributed by atoms with Crippen molar-refractivity contribution < 1.29 is 4.79 Å². The highest BCUT2D eigenvalue weighted by Gasteiger charge is 2.26. The van der Waals surface area contributed by atoms with Crippen molar-refractivity contribution in [3.8, 4) is 0 Å². The maximum Gasteiger partial charge on any atom is 0.326 e. The Morgan fingerprint density at radius 2 is 2.00 bits per heavy atom. The first kappa shape index (κ1) is 18.4. The maximum absolute atomic E-state index is 13.3. The number of imidazole rings is 1. The second kappa shape index (κ2) is 8.39. The molecule has 2 aromatic heterocycles. The van der Waals surface area contributed by atoms with Crippen LogP contribution in [-0.4, -0.2) is 44.5 Å². The molecule has 1 unspecified atom stereocenters. The van der Waals surface area contributed by atoms with E-state index in [0.717, 1.165) is 49.1 Å². The van der Waals surface area contributed by atoms with Crippen molar-refractivity contribution in [3.05, 3.63) is 64.8 Å². The largest absolute Gasteiger partial charge is 0.332 e. The number of hydrogen-bond acceptors (Lipinski definition) is 4. The summed E-state index contributed by atoms with van der Waals surface area (Å²) in [6.45, 7) is 2.36. The van der Waals surface area contributed by atoms with Crippen LogP contribution in [0.5, 0.6) is 0 Å². The summed E-state index contributed by atoms with van der Waals surface area (Å²) in [5.41, 5.74) is 2.10. The van der Waals surface area contributed by atoms with Gasteiger partial charge in [-0.2, -0.15) is 0 Å². The van der Waals surface area contributed by atoms with E-state index in [1.54, 1.807) is 6.20 Å². The summed E-state index contributed by atoms with van der Waals surface area (Å²) in [5.74, 6) is -0.0515. The molecule has 7 heteroatoms. The van der Waals surface area contributed by atoms with E-state index in [-0.39, 0.29) is 24.2 Å². The van der Waals surface area contributed by atoms with Crippen molar-refractivity contribution >= 4 is 16.9 Å². The lowest BCUT2D eigenvalue weighted by Gasteiger charge is -2.31. The van der Waals surface area contributed by atoms with Gasteiger partial charge >= 0.3 is 5.69 Å². The Balaban J connectivity index is 1.61. The smallest absolute Gasteiger partial charge is 0.326 e. The second-order valence-electron chi connectivity index (χ2n) is 7.21. The molecule has 1 amide bonds. The number of carbonyl (C=O) groups is 1. The van der Waals surface area contributed by atoms with Crippen molar-refractivity contribution in [2.24, 2.45) is 0 Å². The number of amides is 1. The molecule has 0 saturated carbocycles. The molecule has 146 valence electrons. The molecule has 1 atom stereocenters. The first-order valence-electron chi connectivity index (χ1n) is 9.80. The monoisotopic (exact) mass is 379 g/mol. The minimum atomic E-state index is -0.255. The van der Waals surface area contributed by atoms with Crippen LogP contribution in [-0.2, 0) is 17.9 Å². The van der Waals surface area contributed by atoms with Gasteiger partial charge in [0, 0.05) is 12.2 Å². The standard InChI is InChI=1S/C21H25N5O2/c27-20(15-26-19-9-2-1-8-18(19)24-21(26)28)25(14-16-6-3-4-12-23-16)17-7-5-11-22-13-10-17/h1-4,6,8-9,12,17,22H,5,7,10-11,13-15H2,(H,24,28). The highest BCUT2D eigenvalue weighted by atomic mass is 16.2. The van der Waals surface area contributed by atoms with Gasteiger partial charge in [-0.25, -0.2) is 4.79 Å². The van der Waals surface area contributed by atoms with Crippen LogP contribution in [0, 0.1) is 0 Å². The lowest BCUT2D eigenvalue weighted by atomic mass is 10.1. The van der Waals surface area contributed by atoms with Crippen molar-refractivity contribution in [2.75, 3.05) is 13.1 Å². The fourth-order valence-corrected chi connectivity index (χ4v) is 3.89. The normalized spacial score (nSPS) is 17.4.